The molecule has 1 saturated heterocycles. The third-order valence-corrected chi connectivity index (χ3v) is 4.35. The molecule has 1 fully saturated rings. The Hall–Kier alpha value is -0.580. The number of carbonyl (C=O) groups is 1. The van der Waals surface area contributed by atoms with Gasteiger partial charge < -0.3 is 10.1 Å². The molecule has 1 amide bonds. The van der Waals surface area contributed by atoms with Gasteiger partial charge in [0.15, 0.2) is 0 Å². The molecule has 0 aliphatic carbocycles. The topological polar surface area (TPSA) is 38.3 Å². The summed E-state index contributed by atoms with van der Waals surface area (Å²) in [4.78, 5) is 11.9. The molecule has 5 heteroatoms. The zero-order chi connectivity index (χ0) is 13.0. The van der Waals surface area contributed by atoms with Crippen molar-refractivity contribution in [3.63, 3.8) is 0 Å². The van der Waals surface area contributed by atoms with Crippen LogP contribution in [0.15, 0.2) is 22.7 Å². The van der Waals surface area contributed by atoms with E-state index in [2.05, 4.69) is 21.2 Å². The fourth-order valence-electron chi connectivity index (χ4n) is 1.98. The molecular formula is C13H15BrClNO2. The Morgan fingerprint density at radius 3 is 3.11 bits per heavy atom. The number of nitrogens with one attached hydrogen (secondary N) is 1. The minimum atomic E-state index is -0.125. The average molecular weight is 333 g/mol. The predicted molar refractivity (Wildman–Crippen MR) is 75.0 cm³/mol. The SMILES string of the molecule is O=C(NCCC1CCOC1)c1cccc(Br)c1Cl. The molecule has 0 aromatic heterocycles. The van der Waals surface area contributed by atoms with Crippen LogP contribution in [0.3, 0.4) is 0 Å². The molecule has 1 atom stereocenters. The summed E-state index contributed by atoms with van der Waals surface area (Å²) in [5.74, 6) is 0.448. The summed E-state index contributed by atoms with van der Waals surface area (Å²) in [6, 6.07) is 5.34. The van der Waals surface area contributed by atoms with E-state index in [-0.39, 0.29) is 5.91 Å². The smallest absolute Gasteiger partial charge is 0.252 e. The van der Waals surface area contributed by atoms with E-state index >= 15 is 0 Å². The Labute approximate surface area is 120 Å². The highest BCUT2D eigenvalue weighted by Crippen LogP contribution is 2.25. The van der Waals surface area contributed by atoms with E-state index in [4.69, 9.17) is 16.3 Å². The number of hydrogen-bond acceptors (Lipinski definition) is 2. The summed E-state index contributed by atoms with van der Waals surface area (Å²) in [5.41, 5.74) is 0.508. The highest BCUT2D eigenvalue weighted by atomic mass is 79.9. The Bertz CT molecular complexity index is 433. The summed E-state index contributed by atoms with van der Waals surface area (Å²) in [7, 11) is 0. The van der Waals surface area contributed by atoms with Crippen molar-refractivity contribution in [2.45, 2.75) is 12.8 Å². The van der Waals surface area contributed by atoms with E-state index in [0.29, 0.717) is 23.0 Å². The number of amides is 1. The molecule has 1 unspecified atom stereocenters. The van der Waals surface area contributed by atoms with Gasteiger partial charge in [-0.2, -0.15) is 0 Å². The van der Waals surface area contributed by atoms with Gasteiger partial charge in [0, 0.05) is 24.2 Å². The quantitative estimate of drug-likeness (QED) is 0.919. The monoisotopic (exact) mass is 331 g/mol. The molecule has 98 valence electrons. The number of rotatable bonds is 4. The van der Waals surface area contributed by atoms with Crippen LogP contribution >= 0.6 is 27.5 Å². The first-order valence-corrected chi connectivity index (χ1v) is 7.15. The predicted octanol–water partition coefficient (Wildman–Crippen LogP) is 3.26. The summed E-state index contributed by atoms with van der Waals surface area (Å²) in [6.07, 6.45) is 2.05. The van der Waals surface area contributed by atoms with Crippen molar-refractivity contribution < 1.29 is 9.53 Å². The van der Waals surface area contributed by atoms with Crippen LogP contribution in [-0.4, -0.2) is 25.7 Å². The molecule has 1 N–H and O–H groups in total. The van der Waals surface area contributed by atoms with Crippen LogP contribution in [0.4, 0.5) is 0 Å². The first kappa shape index (κ1) is 13.8. The van der Waals surface area contributed by atoms with Gasteiger partial charge in [0.1, 0.15) is 0 Å². The highest BCUT2D eigenvalue weighted by molar-refractivity contribution is 9.10. The molecule has 18 heavy (non-hydrogen) atoms. The zero-order valence-electron chi connectivity index (χ0n) is 9.92. The second-order valence-electron chi connectivity index (χ2n) is 4.38. The lowest BCUT2D eigenvalue weighted by Gasteiger charge is -2.10. The third kappa shape index (κ3) is 3.46. The first-order valence-electron chi connectivity index (χ1n) is 5.98. The molecule has 2 rings (SSSR count). The standard InChI is InChI=1S/C13H15BrClNO2/c14-11-3-1-2-10(12(11)15)13(17)16-6-4-9-5-7-18-8-9/h1-3,9H,4-8H2,(H,16,17). The number of hydrogen-bond donors (Lipinski definition) is 1. The van der Waals surface area contributed by atoms with Crippen molar-refractivity contribution in [3.8, 4) is 0 Å². The Kier molecular flexibility index (Phi) is 5.03. The fourth-order valence-corrected chi connectivity index (χ4v) is 2.55. The van der Waals surface area contributed by atoms with Gasteiger partial charge in [-0.05, 0) is 46.8 Å². The number of ether oxygens (including phenoxy) is 1. The van der Waals surface area contributed by atoms with Crippen molar-refractivity contribution in [1.82, 2.24) is 5.32 Å². The van der Waals surface area contributed by atoms with Crippen molar-refractivity contribution in [1.29, 1.82) is 0 Å². The van der Waals surface area contributed by atoms with Crippen molar-refractivity contribution in [2.75, 3.05) is 19.8 Å². The first-order chi connectivity index (χ1) is 8.68. The van der Waals surface area contributed by atoms with Gasteiger partial charge in [0.2, 0.25) is 0 Å². The Balaban J connectivity index is 1.85. The average Bonchev–Trinajstić information content (AvgIpc) is 2.85. The third-order valence-electron chi connectivity index (χ3n) is 3.06. The minimum Gasteiger partial charge on any atom is -0.381 e. The van der Waals surface area contributed by atoms with Gasteiger partial charge in [-0.3, -0.25) is 4.79 Å². The fraction of sp³-hybridized carbons (Fsp3) is 0.462. The Morgan fingerprint density at radius 1 is 1.56 bits per heavy atom. The van der Waals surface area contributed by atoms with Crippen LogP contribution in [0.5, 0.6) is 0 Å². The molecule has 1 aromatic rings. The van der Waals surface area contributed by atoms with E-state index in [1.807, 2.05) is 6.07 Å². The molecule has 1 aliphatic heterocycles. The van der Waals surface area contributed by atoms with Gasteiger partial charge in [0.05, 0.1) is 10.6 Å². The van der Waals surface area contributed by atoms with Crippen LogP contribution < -0.4 is 5.32 Å². The summed E-state index contributed by atoms with van der Waals surface area (Å²) in [5, 5.41) is 3.35. The molecule has 0 saturated carbocycles. The molecule has 1 aliphatic rings. The molecule has 3 nitrogen and oxygen atoms in total. The maximum atomic E-state index is 11.9. The van der Waals surface area contributed by atoms with Crippen molar-refractivity contribution >= 4 is 33.4 Å². The molecule has 1 aromatic carbocycles. The number of halogens is 2. The van der Waals surface area contributed by atoms with Gasteiger partial charge in [0.25, 0.3) is 5.91 Å². The molecule has 1 heterocycles. The van der Waals surface area contributed by atoms with E-state index in [1.165, 1.54) is 0 Å². The second-order valence-corrected chi connectivity index (χ2v) is 5.61. The zero-order valence-corrected chi connectivity index (χ0v) is 12.3. The molecule has 0 radical (unpaired) electrons. The lowest BCUT2D eigenvalue weighted by molar-refractivity contribution is 0.0950. The number of benzene rings is 1. The second kappa shape index (κ2) is 6.55. The summed E-state index contributed by atoms with van der Waals surface area (Å²) >= 11 is 9.37. The molecule has 0 spiro atoms. The van der Waals surface area contributed by atoms with Gasteiger partial charge in [-0.1, -0.05) is 17.7 Å². The van der Waals surface area contributed by atoms with Crippen LogP contribution in [0.2, 0.25) is 5.02 Å². The van der Waals surface area contributed by atoms with Crippen LogP contribution in [0.1, 0.15) is 23.2 Å². The summed E-state index contributed by atoms with van der Waals surface area (Å²) in [6.45, 7) is 2.32. The molecule has 0 bridgehead atoms. The van der Waals surface area contributed by atoms with E-state index in [9.17, 15) is 4.79 Å². The van der Waals surface area contributed by atoms with E-state index in [0.717, 1.165) is 30.5 Å². The lowest BCUT2D eigenvalue weighted by atomic mass is 10.1. The van der Waals surface area contributed by atoms with Gasteiger partial charge in [-0.25, -0.2) is 0 Å². The van der Waals surface area contributed by atoms with Crippen LogP contribution in [0.25, 0.3) is 0 Å². The Morgan fingerprint density at radius 2 is 2.39 bits per heavy atom. The maximum Gasteiger partial charge on any atom is 0.252 e. The normalized spacial score (nSPS) is 18.9. The lowest BCUT2D eigenvalue weighted by Crippen LogP contribution is -2.26. The van der Waals surface area contributed by atoms with Crippen LogP contribution in [-0.2, 0) is 4.74 Å². The highest BCUT2D eigenvalue weighted by Gasteiger charge is 2.16. The largest absolute Gasteiger partial charge is 0.381 e. The van der Waals surface area contributed by atoms with E-state index < -0.39 is 0 Å². The minimum absolute atomic E-state index is 0.125. The maximum absolute atomic E-state index is 11.9. The van der Waals surface area contributed by atoms with Crippen molar-refractivity contribution in [3.05, 3.63) is 33.3 Å². The summed E-state index contributed by atoms with van der Waals surface area (Å²) < 4.78 is 6.03. The van der Waals surface area contributed by atoms with Gasteiger partial charge >= 0.3 is 0 Å². The van der Waals surface area contributed by atoms with Crippen LogP contribution in [0, 0.1) is 5.92 Å². The molecular weight excluding hydrogens is 318 g/mol. The number of carbonyl (C=O) groups excluding carboxylic acids is 1. The van der Waals surface area contributed by atoms with E-state index in [1.54, 1.807) is 12.1 Å². The van der Waals surface area contributed by atoms with Crippen molar-refractivity contribution in [2.24, 2.45) is 5.92 Å². The van der Waals surface area contributed by atoms with Gasteiger partial charge in [-0.15, -0.1) is 0 Å².